The highest BCUT2D eigenvalue weighted by Crippen LogP contribution is 2.37. The minimum Gasteiger partial charge on any atom is -0.493 e. The number of nitrogens with one attached hydrogen (secondary N) is 1. The Labute approximate surface area is 223 Å². The first kappa shape index (κ1) is 27.6. The smallest absolute Gasteiger partial charge is 0.247 e. The monoisotopic (exact) mass is 608 g/mol. The first-order valence-electron chi connectivity index (χ1n) is 11.4. The molecule has 9 nitrogen and oxygen atoms in total. The van der Waals surface area contributed by atoms with E-state index in [1.165, 1.54) is 31.1 Å². The van der Waals surface area contributed by atoms with E-state index in [9.17, 15) is 19.5 Å². The first-order valence-corrected chi connectivity index (χ1v) is 12.4. The molecule has 2 amide bonds. The third kappa shape index (κ3) is 6.62. The number of aliphatic hydroxyl groups is 2. The van der Waals surface area contributed by atoms with Gasteiger partial charge >= 0.3 is 0 Å². The Balaban J connectivity index is 1.99. The number of halogens is 1. The molecule has 3 unspecified atom stereocenters. The van der Waals surface area contributed by atoms with Gasteiger partial charge in [0.15, 0.2) is 11.5 Å². The lowest BCUT2D eigenvalue weighted by molar-refractivity contribution is -0.137. The zero-order chi connectivity index (χ0) is 26.2. The number of rotatable bonds is 10. The third-order valence-corrected chi connectivity index (χ3v) is 6.66. The number of ether oxygens (including phenoxy) is 2. The van der Waals surface area contributed by atoms with Gasteiger partial charge in [-0.3, -0.25) is 14.4 Å². The molecule has 0 aliphatic heterocycles. The number of benzene rings is 2. The summed E-state index contributed by atoms with van der Waals surface area (Å²) in [4.78, 5) is 38.3. The Morgan fingerprint density at radius 2 is 1.97 bits per heavy atom. The Morgan fingerprint density at radius 1 is 1.25 bits per heavy atom. The summed E-state index contributed by atoms with van der Waals surface area (Å²) >= 11 is 2.01. The topological polar surface area (TPSA) is 125 Å². The van der Waals surface area contributed by atoms with Crippen LogP contribution in [0.2, 0.25) is 0 Å². The molecule has 0 aromatic heterocycles. The second-order valence-corrected chi connectivity index (χ2v) is 9.46. The normalized spacial score (nSPS) is 19.1. The number of methoxy groups -OCH3 is 1. The van der Waals surface area contributed by atoms with Crippen LogP contribution in [0.5, 0.6) is 11.5 Å². The fourth-order valence-electron chi connectivity index (χ4n) is 4.08. The third-order valence-electron chi connectivity index (χ3n) is 5.86. The molecule has 0 radical (unpaired) electrons. The summed E-state index contributed by atoms with van der Waals surface area (Å²) in [6.45, 7) is 1.50. The van der Waals surface area contributed by atoms with Crippen LogP contribution in [0, 0.1) is 3.57 Å². The highest BCUT2D eigenvalue weighted by molar-refractivity contribution is 14.1. The van der Waals surface area contributed by atoms with E-state index in [0.717, 1.165) is 5.56 Å². The maximum absolute atomic E-state index is 12.8. The van der Waals surface area contributed by atoms with Gasteiger partial charge in [0.25, 0.3) is 0 Å². The fourth-order valence-corrected chi connectivity index (χ4v) is 4.83. The van der Waals surface area contributed by atoms with E-state index in [1.807, 2.05) is 52.9 Å². The molecule has 3 atom stereocenters. The molecule has 0 fully saturated rings. The number of amides is 2. The lowest BCUT2D eigenvalue weighted by Crippen LogP contribution is -2.54. The van der Waals surface area contributed by atoms with Crippen molar-refractivity contribution in [3.05, 3.63) is 68.8 Å². The minimum atomic E-state index is -1.17. The predicted molar refractivity (Wildman–Crippen MR) is 141 cm³/mol. The number of aldehydes is 1. The van der Waals surface area contributed by atoms with Gasteiger partial charge in [-0.25, -0.2) is 0 Å². The number of carbonyl (C=O) groups is 3. The van der Waals surface area contributed by atoms with Crippen LogP contribution in [0.4, 0.5) is 0 Å². The molecule has 192 valence electrons. The molecule has 2 aromatic rings. The van der Waals surface area contributed by atoms with Crippen molar-refractivity contribution in [2.24, 2.45) is 0 Å². The molecule has 2 aromatic carbocycles. The van der Waals surface area contributed by atoms with Gasteiger partial charge in [0.05, 0.1) is 23.3 Å². The highest BCUT2D eigenvalue weighted by Gasteiger charge is 2.40. The van der Waals surface area contributed by atoms with Crippen LogP contribution in [0.15, 0.2) is 54.1 Å². The average Bonchev–Trinajstić information content (AvgIpc) is 2.88. The van der Waals surface area contributed by atoms with E-state index in [4.69, 9.17) is 14.6 Å². The minimum absolute atomic E-state index is 0.0637. The molecular weight excluding hydrogens is 579 g/mol. The SMILES string of the molecule is COc1cc(C=O)cc(I)c1OC1C=C(C(=O)NCCO)CC(N(Cc2ccccc2)C(C)=O)C1O. The summed E-state index contributed by atoms with van der Waals surface area (Å²) in [6, 6.07) is 11.7. The van der Waals surface area contributed by atoms with Crippen LogP contribution in [0.1, 0.15) is 29.3 Å². The van der Waals surface area contributed by atoms with Crippen molar-refractivity contribution >= 4 is 40.7 Å². The Kier molecular flexibility index (Phi) is 9.85. The van der Waals surface area contributed by atoms with Crippen LogP contribution in [-0.4, -0.2) is 71.7 Å². The van der Waals surface area contributed by atoms with E-state index in [2.05, 4.69) is 5.32 Å². The van der Waals surface area contributed by atoms with Crippen LogP contribution in [0.3, 0.4) is 0 Å². The zero-order valence-corrected chi connectivity index (χ0v) is 22.2. The molecule has 10 heteroatoms. The molecule has 0 spiro atoms. The molecule has 36 heavy (non-hydrogen) atoms. The van der Waals surface area contributed by atoms with Crippen molar-refractivity contribution in [3.8, 4) is 11.5 Å². The van der Waals surface area contributed by atoms with Crippen molar-refractivity contribution < 1.29 is 34.1 Å². The van der Waals surface area contributed by atoms with Crippen LogP contribution in [-0.2, 0) is 16.1 Å². The largest absolute Gasteiger partial charge is 0.493 e. The van der Waals surface area contributed by atoms with E-state index >= 15 is 0 Å². The second kappa shape index (κ2) is 12.8. The molecular formula is C26H29IN2O7. The maximum Gasteiger partial charge on any atom is 0.247 e. The molecule has 3 rings (SSSR count). The van der Waals surface area contributed by atoms with E-state index in [-0.39, 0.29) is 32.0 Å². The molecule has 3 N–H and O–H groups in total. The number of aliphatic hydroxyl groups excluding tert-OH is 2. The second-order valence-electron chi connectivity index (χ2n) is 8.30. The van der Waals surface area contributed by atoms with E-state index in [0.29, 0.717) is 32.5 Å². The summed E-state index contributed by atoms with van der Waals surface area (Å²) in [7, 11) is 1.44. The summed E-state index contributed by atoms with van der Waals surface area (Å²) in [5.74, 6) is -0.0835. The van der Waals surface area contributed by atoms with Crippen LogP contribution >= 0.6 is 22.6 Å². The summed E-state index contributed by atoms with van der Waals surface area (Å²) < 4.78 is 12.2. The molecule has 0 saturated carbocycles. The summed E-state index contributed by atoms with van der Waals surface area (Å²) in [5, 5.41) is 23.1. The number of nitrogens with zero attached hydrogens (tertiary/aromatic N) is 1. The first-order chi connectivity index (χ1) is 17.3. The summed E-state index contributed by atoms with van der Waals surface area (Å²) in [6.07, 6.45) is 0.151. The Bertz CT molecular complexity index is 1120. The van der Waals surface area contributed by atoms with Gasteiger partial charge in [0.2, 0.25) is 11.8 Å². The van der Waals surface area contributed by atoms with E-state index in [1.54, 1.807) is 6.07 Å². The van der Waals surface area contributed by atoms with Gasteiger partial charge in [-0.05, 0) is 46.4 Å². The Morgan fingerprint density at radius 3 is 2.58 bits per heavy atom. The van der Waals surface area contributed by atoms with Gasteiger partial charge in [-0.1, -0.05) is 30.3 Å². The van der Waals surface area contributed by atoms with Crippen molar-refractivity contribution in [3.63, 3.8) is 0 Å². The van der Waals surface area contributed by atoms with Gasteiger partial charge in [-0.2, -0.15) is 0 Å². The number of hydrogen-bond acceptors (Lipinski definition) is 7. The van der Waals surface area contributed by atoms with Gasteiger partial charge in [0, 0.05) is 37.6 Å². The highest BCUT2D eigenvalue weighted by atomic mass is 127. The molecule has 0 heterocycles. The predicted octanol–water partition coefficient (Wildman–Crippen LogP) is 2.08. The van der Waals surface area contributed by atoms with Gasteiger partial charge in [-0.15, -0.1) is 0 Å². The van der Waals surface area contributed by atoms with Crippen molar-refractivity contribution in [1.82, 2.24) is 10.2 Å². The maximum atomic E-state index is 12.8. The van der Waals surface area contributed by atoms with Gasteiger partial charge < -0.3 is 29.9 Å². The Hall–Kier alpha value is -2.96. The summed E-state index contributed by atoms with van der Waals surface area (Å²) in [5.41, 5.74) is 1.59. The van der Waals surface area contributed by atoms with E-state index < -0.39 is 24.2 Å². The fraction of sp³-hybridized carbons (Fsp3) is 0.346. The van der Waals surface area contributed by atoms with Crippen molar-refractivity contribution in [2.75, 3.05) is 20.3 Å². The van der Waals surface area contributed by atoms with Crippen LogP contribution in [0.25, 0.3) is 0 Å². The van der Waals surface area contributed by atoms with Gasteiger partial charge in [0.1, 0.15) is 18.5 Å². The van der Waals surface area contributed by atoms with Crippen LogP contribution < -0.4 is 14.8 Å². The lowest BCUT2D eigenvalue weighted by atomic mass is 9.88. The number of hydrogen-bond donors (Lipinski definition) is 3. The van der Waals surface area contributed by atoms with Crippen molar-refractivity contribution in [2.45, 2.75) is 38.1 Å². The van der Waals surface area contributed by atoms with Crippen molar-refractivity contribution in [1.29, 1.82) is 0 Å². The lowest BCUT2D eigenvalue weighted by Gasteiger charge is -2.40. The quantitative estimate of drug-likeness (QED) is 0.279. The molecule has 0 saturated heterocycles. The number of carbonyl (C=O) groups excluding carboxylic acids is 3. The molecule has 0 bridgehead atoms. The zero-order valence-electron chi connectivity index (χ0n) is 20.0. The average molecular weight is 608 g/mol. The standard InChI is InChI=1S/C26H29IN2O7/c1-16(32)29(14-17-6-4-3-5-7-17)21-12-19(26(34)28-8-9-30)13-22(24(21)33)36-25-20(27)10-18(15-31)11-23(25)35-2/h3-7,10-11,13,15,21-22,24,30,33H,8-9,12,14H2,1-2H3,(H,28,34). The molecule has 1 aliphatic rings. The molecule has 1 aliphatic carbocycles.